The number of rotatable bonds is 7. The molecular weight excluding hydrogens is 343 g/mol. The Hall–Kier alpha value is -1.77. The molecule has 2 aromatic rings. The molecule has 6 nitrogen and oxygen atoms in total. The van der Waals surface area contributed by atoms with Gasteiger partial charge in [0.15, 0.2) is 0 Å². The number of nitrogens with zero attached hydrogens (tertiary/aromatic N) is 4. The summed E-state index contributed by atoms with van der Waals surface area (Å²) in [5.41, 5.74) is 3.33. The van der Waals surface area contributed by atoms with E-state index in [1.807, 2.05) is 10.9 Å². The van der Waals surface area contributed by atoms with Gasteiger partial charge in [-0.1, -0.05) is 12.1 Å². The topological polar surface area (TPSA) is 58.4 Å². The van der Waals surface area contributed by atoms with E-state index < -0.39 is 10.0 Å². The molecule has 0 unspecified atom stereocenters. The van der Waals surface area contributed by atoms with Gasteiger partial charge in [0.1, 0.15) is 5.82 Å². The molecule has 0 saturated heterocycles. The average molecular weight is 366 g/mol. The van der Waals surface area contributed by atoms with E-state index >= 15 is 0 Å². The Kier molecular flexibility index (Phi) is 5.21. The second-order valence-corrected chi connectivity index (χ2v) is 8.87. The van der Waals surface area contributed by atoms with Gasteiger partial charge in [-0.3, -0.25) is 9.58 Å². The lowest BCUT2D eigenvalue weighted by Gasteiger charge is -2.17. The number of halogens is 1. The largest absolute Gasteiger partial charge is 0.293 e. The first kappa shape index (κ1) is 18.0. The summed E-state index contributed by atoms with van der Waals surface area (Å²) in [5.74, 6) is -0.0811. The first-order valence-electron chi connectivity index (χ1n) is 8.26. The van der Waals surface area contributed by atoms with Crippen molar-refractivity contribution >= 4 is 10.0 Å². The minimum Gasteiger partial charge on any atom is -0.293 e. The molecule has 1 aromatic heterocycles. The summed E-state index contributed by atoms with van der Waals surface area (Å²) < 4.78 is 39.9. The minimum absolute atomic E-state index is 0.161. The summed E-state index contributed by atoms with van der Waals surface area (Å²) in [6, 6.07) is 6.44. The van der Waals surface area contributed by atoms with Crippen LogP contribution in [0.5, 0.6) is 0 Å². The fourth-order valence-corrected chi connectivity index (χ4v) is 3.84. The van der Waals surface area contributed by atoms with Crippen molar-refractivity contribution in [1.29, 1.82) is 0 Å². The van der Waals surface area contributed by atoms with Crippen molar-refractivity contribution in [3.8, 4) is 0 Å². The van der Waals surface area contributed by atoms with Crippen molar-refractivity contribution in [2.75, 3.05) is 26.4 Å². The number of fused-ring (bicyclic) bond motifs is 1. The zero-order valence-electron chi connectivity index (χ0n) is 14.5. The van der Waals surface area contributed by atoms with Gasteiger partial charge < -0.3 is 0 Å². The third kappa shape index (κ3) is 4.26. The fourth-order valence-electron chi connectivity index (χ4n) is 2.98. The molecule has 0 fully saturated rings. The summed E-state index contributed by atoms with van der Waals surface area (Å²) in [7, 11) is -0.0167. The molecule has 8 heteroatoms. The summed E-state index contributed by atoms with van der Waals surface area (Å²) in [6.45, 7) is 2.90. The Morgan fingerprint density at radius 1 is 1.20 bits per heavy atom. The first-order chi connectivity index (χ1) is 11.8. The van der Waals surface area contributed by atoms with E-state index in [4.69, 9.17) is 0 Å². The van der Waals surface area contributed by atoms with E-state index in [1.165, 1.54) is 22.0 Å². The number of hydrogen-bond acceptors (Lipinski definition) is 4. The van der Waals surface area contributed by atoms with Crippen LogP contribution in [0.25, 0.3) is 0 Å². The van der Waals surface area contributed by atoms with Crippen LogP contribution in [-0.2, 0) is 29.7 Å². The monoisotopic (exact) mass is 366 g/mol. The van der Waals surface area contributed by atoms with Gasteiger partial charge in [-0.15, -0.1) is 0 Å². The van der Waals surface area contributed by atoms with Crippen molar-refractivity contribution in [2.24, 2.45) is 0 Å². The number of aromatic nitrogens is 2. The number of hydrogen-bond donors (Lipinski definition) is 0. The van der Waals surface area contributed by atoms with Gasteiger partial charge in [0, 0.05) is 32.7 Å². The van der Waals surface area contributed by atoms with Crippen LogP contribution in [0.15, 0.2) is 30.5 Å². The number of sulfonamides is 1. The molecule has 0 saturated carbocycles. The summed E-state index contributed by atoms with van der Waals surface area (Å²) in [4.78, 5) is 2.23. The molecule has 2 heterocycles. The Morgan fingerprint density at radius 3 is 2.60 bits per heavy atom. The van der Waals surface area contributed by atoms with Crippen LogP contribution in [0.2, 0.25) is 0 Å². The van der Waals surface area contributed by atoms with Crippen molar-refractivity contribution in [3.63, 3.8) is 0 Å². The lowest BCUT2D eigenvalue weighted by atomic mass is 10.2. The third-order valence-corrected chi connectivity index (χ3v) is 6.40. The van der Waals surface area contributed by atoms with Gasteiger partial charge in [-0.25, -0.2) is 17.1 Å². The molecular formula is C17H23FN4O2S. The fraction of sp³-hybridized carbons (Fsp3) is 0.471. The van der Waals surface area contributed by atoms with E-state index in [-0.39, 0.29) is 11.6 Å². The zero-order chi connectivity index (χ0) is 18.0. The van der Waals surface area contributed by atoms with Gasteiger partial charge in [0.2, 0.25) is 10.0 Å². The quantitative estimate of drug-likeness (QED) is 0.748. The van der Waals surface area contributed by atoms with E-state index in [1.54, 1.807) is 26.2 Å². The van der Waals surface area contributed by atoms with E-state index in [9.17, 15) is 12.8 Å². The molecule has 25 heavy (non-hydrogen) atoms. The normalized spacial score (nSPS) is 15.0. The van der Waals surface area contributed by atoms with Gasteiger partial charge in [0.05, 0.1) is 24.2 Å². The van der Waals surface area contributed by atoms with Crippen LogP contribution in [0.4, 0.5) is 4.39 Å². The predicted octanol–water partition coefficient (Wildman–Crippen LogP) is 1.67. The highest BCUT2D eigenvalue weighted by atomic mass is 32.2. The highest BCUT2D eigenvalue weighted by Gasteiger charge is 2.24. The highest BCUT2D eigenvalue weighted by Crippen LogP contribution is 2.23. The van der Waals surface area contributed by atoms with Crippen LogP contribution in [0, 0.1) is 5.82 Å². The molecule has 0 atom stereocenters. The molecule has 1 aliphatic rings. The maximum absolute atomic E-state index is 13.0. The van der Waals surface area contributed by atoms with E-state index in [0.717, 1.165) is 30.9 Å². The molecule has 136 valence electrons. The molecule has 0 aliphatic carbocycles. The maximum atomic E-state index is 13.0. The van der Waals surface area contributed by atoms with Gasteiger partial charge >= 0.3 is 0 Å². The van der Waals surface area contributed by atoms with E-state index in [0.29, 0.717) is 13.0 Å². The smallest absolute Gasteiger partial charge is 0.213 e. The molecule has 0 N–H and O–H groups in total. The summed E-state index contributed by atoms with van der Waals surface area (Å²) in [6.07, 6.45) is 2.48. The Balaban J connectivity index is 1.57. The molecule has 1 aromatic carbocycles. The molecule has 0 amide bonds. The van der Waals surface area contributed by atoms with Crippen molar-refractivity contribution in [1.82, 2.24) is 19.0 Å². The minimum atomic E-state index is -3.14. The Labute approximate surface area is 147 Å². The third-order valence-electron chi connectivity index (χ3n) is 4.48. The van der Waals surface area contributed by atoms with Crippen molar-refractivity contribution < 1.29 is 12.8 Å². The molecule has 3 rings (SSSR count). The lowest BCUT2D eigenvalue weighted by molar-refractivity contribution is 0.277. The van der Waals surface area contributed by atoms with Crippen LogP contribution >= 0.6 is 0 Å². The van der Waals surface area contributed by atoms with Crippen LogP contribution in [0.1, 0.15) is 23.2 Å². The molecule has 1 aliphatic heterocycles. The average Bonchev–Trinajstić information content (AvgIpc) is 3.11. The van der Waals surface area contributed by atoms with Crippen LogP contribution in [-0.4, -0.2) is 53.8 Å². The second-order valence-electron chi connectivity index (χ2n) is 6.56. The highest BCUT2D eigenvalue weighted by molar-refractivity contribution is 7.89. The van der Waals surface area contributed by atoms with Crippen LogP contribution < -0.4 is 0 Å². The van der Waals surface area contributed by atoms with E-state index in [2.05, 4.69) is 10.00 Å². The predicted molar refractivity (Wildman–Crippen MR) is 93.9 cm³/mol. The second kappa shape index (κ2) is 7.23. The van der Waals surface area contributed by atoms with Crippen LogP contribution in [0.3, 0.4) is 0 Å². The Morgan fingerprint density at radius 2 is 1.92 bits per heavy atom. The van der Waals surface area contributed by atoms with Crippen molar-refractivity contribution in [3.05, 3.63) is 53.1 Å². The zero-order valence-corrected chi connectivity index (χ0v) is 15.3. The van der Waals surface area contributed by atoms with Gasteiger partial charge in [-0.05, 0) is 30.7 Å². The molecule has 0 bridgehead atoms. The SMILES string of the molecule is CN(C)S(=O)(=O)CCCN1Cc2cnn(Cc3ccc(F)cc3)c2C1. The summed E-state index contributed by atoms with van der Waals surface area (Å²) >= 11 is 0. The van der Waals surface area contributed by atoms with Gasteiger partial charge in [-0.2, -0.15) is 5.10 Å². The Bertz CT molecular complexity index is 831. The lowest BCUT2D eigenvalue weighted by Crippen LogP contribution is -2.28. The summed E-state index contributed by atoms with van der Waals surface area (Å²) in [5, 5.41) is 4.43. The first-order valence-corrected chi connectivity index (χ1v) is 9.86. The number of benzene rings is 1. The molecule has 0 radical (unpaired) electrons. The molecule has 0 spiro atoms. The standard InChI is InChI=1S/C17H23FN4O2S/c1-20(2)25(23,24)9-3-8-21-12-15-10-19-22(17(15)13-21)11-14-4-6-16(18)7-5-14/h4-7,10H,3,8-9,11-13H2,1-2H3. The maximum Gasteiger partial charge on any atom is 0.213 e. The van der Waals surface area contributed by atoms with Gasteiger partial charge in [0.25, 0.3) is 0 Å². The van der Waals surface area contributed by atoms with Crippen molar-refractivity contribution in [2.45, 2.75) is 26.1 Å².